The van der Waals surface area contributed by atoms with Crippen LogP contribution in [0.3, 0.4) is 0 Å². The zero-order valence-electron chi connectivity index (χ0n) is 9.07. The fourth-order valence-corrected chi connectivity index (χ4v) is 1.94. The van der Waals surface area contributed by atoms with Gasteiger partial charge < -0.3 is 15.2 Å². The van der Waals surface area contributed by atoms with E-state index in [9.17, 15) is 4.79 Å². The Kier molecular flexibility index (Phi) is 3.96. The van der Waals surface area contributed by atoms with Crippen molar-refractivity contribution in [2.24, 2.45) is 0 Å². The molecule has 1 aromatic rings. The third-order valence-electron chi connectivity index (χ3n) is 1.76. The Morgan fingerprint density at radius 3 is 2.73 bits per heavy atom. The summed E-state index contributed by atoms with van der Waals surface area (Å²) in [6.45, 7) is 5.52. The van der Waals surface area contributed by atoms with E-state index in [2.05, 4.69) is 0 Å². The van der Waals surface area contributed by atoms with Crippen molar-refractivity contribution >= 4 is 23.2 Å². The first kappa shape index (κ1) is 11.8. The van der Waals surface area contributed by atoms with E-state index < -0.39 is 6.16 Å². The average Bonchev–Trinajstić information content (AvgIpc) is 2.46. The number of ether oxygens (including phenoxy) is 2. The normalized spacial score (nSPS) is 10.4. The summed E-state index contributed by atoms with van der Waals surface area (Å²) in [6, 6.07) is 0. The molecule has 5 heteroatoms. The molecule has 0 aliphatic heterocycles. The van der Waals surface area contributed by atoms with Gasteiger partial charge in [-0.15, -0.1) is 11.3 Å². The van der Waals surface area contributed by atoms with Crippen LogP contribution in [0.1, 0.15) is 26.3 Å². The van der Waals surface area contributed by atoms with Crippen molar-refractivity contribution in [3.05, 3.63) is 10.9 Å². The number of aryl methyl sites for hydroxylation is 1. The SMILES string of the molecule is CCc1csc(OC(=O)OC(C)C)c1N. The van der Waals surface area contributed by atoms with Gasteiger partial charge in [0.25, 0.3) is 0 Å². The summed E-state index contributed by atoms with van der Waals surface area (Å²) in [4.78, 5) is 11.2. The van der Waals surface area contributed by atoms with Gasteiger partial charge in [0.1, 0.15) is 0 Å². The van der Waals surface area contributed by atoms with E-state index in [4.69, 9.17) is 15.2 Å². The van der Waals surface area contributed by atoms with Crippen LogP contribution in [0, 0.1) is 0 Å². The van der Waals surface area contributed by atoms with Crippen molar-refractivity contribution in [3.8, 4) is 5.06 Å². The summed E-state index contributed by atoms with van der Waals surface area (Å²) in [7, 11) is 0. The van der Waals surface area contributed by atoms with E-state index in [0.29, 0.717) is 10.8 Å². The standard InChI is InChI=1S/C10H15NO3S/c1-4-7-5-15-9(8(7)11)14-10(12)13-6(2)3/h5-6H,4,11H2,1-3H3. The van der Waals surface area contributed by atoms with Gasteiger partial charge in [-0.25, -0.2) is 4.79 Å². The molecule has 0 saturated carbocycles. The van der Waals surface area contributed by atoms with Gasteiger partial charge in [-0.05, 0) is 31.2 Å². The molecular formula is C10H15NO3S. The van der Waals surface area contributed by atoms with Gasteiger partial charge in [0.15, 0.2) is 0 Å². The molecule has 4 nitrogen and oxygen atoms in total. The van der Waals surface area contributed by atoms with E-state index in [1.807, 2.05) is 12.3 Å². The first-order valence-electron chi connectivity index (χ1n) is 4.78. The maximum Gasteiger partial charge on any atom is 0.514 e. The molecule has 0 fully saturated rings. The van der Waals surface area contributed by atoms with Crippen molar-refractivity contribution in [1.82, 2.24) is 0 Å². The van der Waals surface area contributed by atoms with Crippen molar-refractivity contribution in [2.45, 2.75) is 33.3 Å². The zero-order valence-corrected chi connectivity index (χ0v) is 9.89. The number of hydrogen-bond donors (Lipinski definition) is 1. The Morgan fingerprint density at radius 1 is 1.60 bits per heavy atom. The molecule has 0 radical (unpaired) electrons. The highest BCUT2D eigenvalue weighted by Crippen LogP contribution is 2.33. The molecule has 0 aliphatic carbocycles. The molecule has 0 saturated heterocycles. The number of rotatable bonds is 3. The van der Waals surface area contributed by atoms with E-state index >= 15 is 0 Å². The quantitative estimate of drug-likeness (QED) is 0.809. The van der Waals surface area contributed by atoms with Crippen LogP contribution in [-0.2, 0) is 11.2 Å². The van der Waals surface area contributed by atoms with E-state index in [0.717, 1.165) is 12.0 Å². The molecule has 0 amide bonds. The van der Waals surface area contributed by atoms with E-state index in [1.54, 1.807) is 13.8 Å². The van der Waals surface area contributed by atoms with Crippen LogP contribution in [0.25, 0.3) is 0 Å². The summed E-state index contributed by atoms with van der Waals surface area (Å²) in [5.41, 5.74) is 7.29. The van der Waals surface area contributed by atoms with Gasteiger partial charge in [0.05, 0.1) is 11.8 Å². The molecule has 1 rings (SSSR count). The lowest BCUT2D eigenvalue weighted by Gasteiger charge is -2.07. The lowest BCUT2D eigenvalue weighted by Crippen LogP contribution is -2.15. The van der Waals surface area contributed by atoms with E-state index in [-0.39, 0.29) is 6.10 Å². The van der Waals surface area contributed by atoms with Crippen molar-refractivity contribution in [1.29, 1.82) is 0 Å². The fraction of sp³-hybridized carbons (Fsp3) is 0.500. The Labute approximate surface area is 93.0 Å². The van der Waals surface area contributed by atoms with Crippen LogP contribution < -0.4 is 10.5 Å². The largest absolute Gasteiger partial charge is 0.514 e. The zero-order chi connectivity index (χ0) is 11.4. The predicted molar refractivity (Wildman–Crippen MR) is 60.4 cm³/mol. The number of thiophene rings is 1. The van der Waals surface area contributed by atoms with Crippen LogP contribution in [0.4, 0.5) is 10.5 Å². The first-order valence-corrected chi connectivity index (χ1v) is 5.66. The van der Waals surface area contributed by atoms with Gasteiger partial charge in [-0.2, -0.15) is 0 Å². The second kappa shape index (κ2) is 5.02. The summed E-state index contributed by atoms with van der Waals surface area (Å²) in [6.07, 6.45) is -0.0733. The molecular weight excluding hydrogens is 214 g/mol. The van der Waals surface area contributed by atoms with Gasteiger partial charge in [0.2, 0.25) is 5.06 Å². The van der Waals surface area contributed by atoms with Gasteiger partial charge in [0, 0.05) is 0 Å². The molecule has 0 aliphatic rings. The molecule has 0 aromatic carbocycles. The molecule has 0 bridgehead atoms. The Hall–Kier alpha value is -1.23. The summed E-state index contributed by atoms with van der Waals surface area (Å²) >= 11 is 1.31. The molecule has 84 valence electrons. The number of anilines is 1. The fourth-order valence-electron chi connectivity index (χ4n) is 1.03. The molecule has 2 N–H and O–H groups in total. The van der Waals surface area contributed by atoms with Crippen molar-refractivity contribution in [3.63, 3.8) is 0 Å². The topological polar surface area (TPSA) is 61.5 Å². The Bertz CT molecular complexity index is 346. The number of carbonyl (C=O) groups excluding carboxylic acids is 1. The van der Waals surface area contributed by atoms with Crippen LogP contribution >= 0.6 is 11.3 Å². The molecule has 0 spiro atoms. The number of carbonyl (C=O) groups is 1. The Morgan fingerprint density at radius 2 is 2.27 bits per heavy atom. The van der Waals surface area contributed by atoms with Crippen molar-refractivity contribution < 1.29 is 14.3 Å². The van der Waals surface area contributed by atoms with Crippen LogP contribution in [0.5, 0.6) is 5.06 Å². The molecule has 0 unspecified atom stereocenters. The first-order chi connectivity index (χ1) is 7.04. The van der Waals surface area contributed by atoms with Gasteiger partial charge in [-0.3, -0.25) is 0 Å². The third kappa shape index (κ3) is 3.13. The molecule has 1 heterocycles. The molecule has 0 atom stereocenters. The highest BCUT2D eigenvalue weighted by atomic mass is 32.1. The third-order valence-corrected chi connectivity index (χ3v) is 2.68. The predicted octanol–water partition coefficient (Wildman–Crippen LogP) is 2.82. The van der Waals surface area contributed by atoms with Crippen LogP contribution in [0.2, 0.25) is 0 Å². The maximum atomic E-state index is 11.2. The van der Waals surface area contributed by atoms with Crippen molar-refractivity contribution in [2.75, 3.05) is 5.73 Å². The smallest absolute Gasteiger partial charge is 0.431 e. The number of nitrogen functional groups attached to an aromatic ring is 1. The molecule has 15 heavy (non-hydrogen) atoms. The minimum absolute atomic E-state index is 0.190. The second-order valence-corrected chi connectivity index (χ2v) is 4.18. The monoisotopic (exact) mass is 229 g/mol. The highest BCUT2D eigenvalue weighted by Gasteiger charge is 2.14. The minimum Gasteiger partial charge on any atom is -0.431 e. The van der Waals surface area contributed by atoms with Crippen LogP contribution in [0.15, 0.2) is 5.38 Å². The van der Waals surface area contributed by atoms with Gasteiger partial charge in [-0.1, -0.05) is 6.92 Å². The number of nitrogens with two attached hydrogens (primary N) is 1. The minimum atomic E-state index is -0.707. The highest BCUT2D eigenvalue weighted by molar-refractivity contribution is 7.12. The number of hydrogen-bond acceptors (Lipinski definition) is 5. The summed E-state index contributed by atoms with van der Waals surface area (Å²) in [5, 5.41) is 2.30. The summed E-state index contributed by atoms with van der Waals surface area (Å²) < 4.78 is 9.81. The second-order valence-electron chi connectivity index (χ2n) is 3.33. The molecule has 1 aromatic heterocycles. The van der Waals surface area contributed by atoms with Crippen LogP contribution in [-0.4, -0.2) is 12.3 Å². The average molecular weight is 229 g/mol. The lowest BCUT2D eigenvalue weighted by molar-refractivity contribution is 0.0741. The lowest BCUT2D eigenvalue weighted by atomic mass is 10.2. The maximum absolute atomic E-state index is 11.2. The van der Waals surface area contributed by atoms with E-state index in [1.165, 1.54) is 11.3 Å². The van der Waals surface area contributed by atoms with Gasteiger partial charge >= 0.3 is 6.16 Å². The Balaban J connectivity index is 2.64. The summed E-state index contributed by atoms with van der Waals surface area (Å²) in [5.74, 6) is 0.